The van der Waals surface area contributed by atoms with Gasteiger partial charge in [-0.15, -0.1) is 5.10 Å². The molecular formula is C11H16N4O2. The molecule has 0 bridgehead atoms. The molecule has 1 saturated heterocycles. The maximum atomic E-state index is 11.8. The van der Waals surface area contributed by atoms with Crippen LogP contribution in [0.3, 0.4) is 0 Å². The molecule has 2 aliphatic rings. The molecule has 1 saturated carbocycles. The smallest absolute Gasteiger partial charge is 0.224 e. The normalized spacial score (nSPS) is 22.3. The quantitative estimate of drug-likeness (QED) is 0.775. The Morgan fingerprint density at radius 1 is 1.47 bits per heavy atom. The van der Waals surface area contributed by atoms with E-state index in [4.69, 9.17) is 0 Å². The third-order valence-corrected chi connectivity index (χ3v) is 3.65. The molecule has 1 amide bonds. The summed E-state index contributed by atoms with van der Waals surface area (Å²) in [6.07, 6.45) is 5.98. The Morgan fingerprint density at radius 3 is 2.82 bits per heavy atom. The topological polar surface area (TPSA) is 71.2 Å². The van der Waals surface area contributed by atoms with E-state index in [1.807, 2.05) is 0 Å². The van der Waals surface area contributed by atoms with Gasteiger partial charge in [-0.3, -0.25) is 9.48 Å². The van der Waals surface area contributed by atoms with E-state index in [1.54, 1.807) is 22.0 Å². The monoisotopic (exact) mass is 236 g/mol. The van der Waals surface area contributed by atoms with Gasteiger partial charge in [0.05, 0.1) is 25.8 Å². The molecule has 17 heavy (non-hydrogen) atoms. The third-order valence-electron chi connectivity index (χ3n) is 3.65. The molecule has 0 atom stereocenters. The summed E-state index contributed by atoms with van der Waals surface area (Å²) in [5, 5.41) is 17.6. The first kappa shape index (κ1) is 10.7. The lowest BCUT2D eigenvalue weighted by Gasteiger charge is -2.47. The molecule has 1 aromatic heterocycles. The molecule has 2 heterocycles. The SMILES string of the molecule is O=C(CCn1ccnn1)N1CC(O)(C2CC2)C1. The molecule has 1 N–H and O–H groups in total. The van der Waals surface area contributed by atoms with Crippen molar-refractivity contribution in [2.45, 2.75) is 31.4 Å². The highest BCUT2D eigenvalue weighted by atomic mass is 16.3. The largest absolute Gasteiger partial charge is 0.386 e. The lowest BCUT2D eigenvalue weighted by atomic mass is 9.88. The van der Waals surface area contributed by atoms with Gasteiger partial charge in [0.1, 0.15) is 5.60 Å². The number of amides is 1. The lowest BCUT2D eigenvalue weighted by Crippen LogP contribution is -2.64. The Kier molecular flexibility index (Phi) is 2.39. The number of hydrogen-bond donors (Lipinski definition) is 1. The fourth-order valence-electron chi connectivity index (χ4n) is 2.39. The van der Waals surface area contributed by atoms with Crippen LogP contribution in [0, 0.1) is 5.92 Å². The number of carbonyl (C=O) groups is 1. The molecule has 6 nitrogen and oxygen atoms in total. The fourth-order valence-corrected chi connectivity index (χ4v) is 2.39. The number of aromatic nitrogens is 3. The van der Waals surface area contributed by atoms with Crippen molar-refractivity contribution in [3.05, 3.63) is 12.4 Å². The predicted octanol–water partition coefficient (Wildman–Crippen LogP) is -0.349. The number of likely N-dealkylation sites (tertiary alicyclic amines) is 1. The van der Waals surface area contributed by atoms with Crippen molar-refractivity contribution in [1.82, 2.24) is 19.9 Å². The summed E-state index contributed by atoms with van der Waals surface area (Å²) >= 11 is 0. The van der Waals surface area contributed by atoms with E-state index in [9.17, 15) is 9.90 Å². The van der Waals surface area contributed by atoms with E-state index in [0.717, 1.165) is 12.8 Å². The van der Waals surface area contributed by atoms with E-state index in [-0.39, 0.29) is 5.91 Å². The van der Waals surface area contributed by atoms with Gasteiger partial charge in [0.15, 0.2) is 0 Å². The van der Waals surface area contributed by atoms with Crippen LogP contribution in [0.4, 0.5) is 0 Å². The predicted molar refractivity (Wildman–Crippen MR) is 58.9 cm³/mol. The van der Waals surface area contributed by atoms with Crippen molar-refractivity contribution in [1.29, 1.82) is 0 Å². The Labute approximate surface area is 99.2 Å². The summed E-state index contributed by atoms with van der Waals surface area (Å²) in [5.41, 5.74) is -0.580. The van der Waals surface area contributed by atoms with Gasteiger partial charge in [0, 0.05) is 12.6 Å². The average molecular weight is 236 g/mol. The highest BCUT2D eigenvalue weighted by molar-refractivity contribution is 5.77. The highest BCUT2D eigenvalue weighted by Crippen LogP contribution is 2.44. The molecule has 6 heteroatoms. The van der Waals surface area contributed by atoms with Gasteiger partial charge in [-0.25, -0.2) is 0 Å². The van der Waals surface area contributed by atoms with Crippen LogP contribution in [-0.4, -0.2) is 49.6 Å². The lowest BCUT2D eigenvalue weighted by molar-refractivity contribution is -0.159. The third kappa shape index (κ3) is 2.04. The van der Waals surface area contributed by atoms with Crippen LogP contribution >= 0.6 is 0 Å². The van der Waals surface area contributed by atoms with Crippen LogP contribution in [0.25, 0.3) is 0 Å². The minimum Gasteiger partial charge on any atom is -0.386 e. The van der Waals surface area contributed by atoms with Crippen LogP contribution in [-0.2, 0) is 11.3 Å². The highest BCUT2D eigenvalue weighted by Gasteiger charge is 2.52. The van der Waals surface area contributed by atoms with E-state index >= 15 is 0 Å². The fraction of sp³-hybridized carbons (Fsp3) is 0.727. The molecule has 0 unspecified atom stereocenters. The second-order valence-electron chi connectivity index (χ2n) is 5.04. The van der Waals surface area contributed by atoms with Crippen LogP contribution < -0.4 is 0 Å². The van der Waals surface area contributed by atoms with Crippen LogP contribution in [0.5, 0.6) is 0 Å². The van der Waals surface area contributed by atoms with Crippen molar-refractivity contribution in [2.75, 3.05) is 13.1 Å². The summed E-state index contributed by atoms with van der Waals surface area (Å²) in [4.78, 5) is 13.5. The van der Waals surface area contributed by atoms with Gasteiger partial charge in [0.2, 0.25) is 5.91 Å². The maximum Gasteiger partial charge on any atom is 0.224 e. The molecule has 1 aliphatic heterocycles. The van der Waals surface area contributed by atoms with Crippen molar-refractivity contribution in [3.8, 4) is 0 Å². The second-order valence-corrected chi connectivity index (χ2v) is 5.04. The first-order chi connectivity index (χ1) is 8.17. The number of rotatable bonds is 4. The number of nitrogens with zero attached hydrogens (tertiary/aromatic N) is 4. The Balaban J connectivity index is 1.45. The van der Waals surface area contributed by atoms with Gasteiger partial charge in [-0.2, -0.15) is 0 Å². The number of aliphatic hydroxyl groups is 1. The molecule has 3 rings (SSSR count). The average Bonchev–Trinajstić information content (AvgIpc) is 3.00. The van der Waals surface area contributed by atoms with Crippen molar-refractivity contribution < 1.29 is 9.90 Å². The minimum absolute atomic E-state index is 0.0887. The van der Waals surface area contributed by atoms with E-state index in [2.05, 4.69) is 10.3 Å². The second kappa shape index (κ2) is 3.80. The molecular weight excluding hydrogens is 220 g/mol. The molecule has 92 valence electrons. The van der Waals surface area contributed by atoms with Crippen LogP contribution in [0.15, 0.2) is 12.4 Å². The molecule has 1 aromatic rings. The van der Waals surface area contributed by atoms with Crippen molar-refractivity contribution >= 4 is 5.91 Å². The number of β-amino-alcohol motifs (C(OH)–C–C–N with tert-alkyl or cyclic N) is 1. The van der Waals surface area contributed by atoms with Crippen LogP contribution in [0.2, 0.25) is 0 Å². The molecule has 0 radical (unpaired) electrons. The zero-order valence-corrected chi connectivity index (χ0v) is 9.62. The molecule has 2 fully saturated rings. The van der Waals surface area contributed by atoms with Gasteiger partial charge >= 0.3 is 0 Å². The Hall–Kier alpha value is -1.43. The Morgan fingerprint density at radius 2 is 2.24 bits per heavy atom. The number of hydrogen-bond acceptors (Lipinski definition) is 4. The van der Waals surface area contributed by atoms with Crippen molar-refractivity contribution in [2.24, 2.45) is 5.92 Å². The zero-order valence-electron chi connectivity index (χ0n) is 9.62. The van der Waals surface area contributed by atoms with E-state index in [0.29, 0.717) is 32.0 Å². The maximum absolute atomic E-state index is 11.8. The molecule has 1 aliphatic carbocycles. The number of aryl methyl sites for hydroxylation is 1. The first-order valence-electron chi connectivity index (χ1n) is 6.02. The summed E-state index contributed by atoms with van der Waals surface area (Å²) < 4.78 is 1.64. The summed E-state index contributed by atoms with van der Waals surface area (Å²) in [6.45, 7) is 1.57. The van der Waals surface area contributed by atoms with Crippen LogP contribution in [0.1, 0.15) is 19.3 Å². The van der Waals surface area contributed by atoms with Crippen molar-refractivity contribution in [3.63, 3.8) is 0 Å². The first-order valence-corrected chi connectivity index (χ1v) is 6.02. The van der Waals surface area contributed by atoms with E-state index < -0.39 is 5.60 Å². The zero-order chi connectivity index (χ0) is 11.9. The molecule has 0 spiro atoms. The van der Waals surface area contributed by atoms with Gasteiger partial charge in [0.25, 0.3) is 0 Å². The summed E-state index contributed by atoms with van der Waals surface area (Å²) in [7, 11) is 0. The van der Waals surface area contributed by atoms with E-state index in [1.165, 1.54) is 0 Å². The summed E-state index contributed by atoms with van der Waals surface area (Å²) in [6, 6.07) is 0. The van der Waals surface area contributed by atoms with Gasteiger partial charge in [-0.05, 0) is 18.8 Å². The summed E-state index contributed by atoms with van der Waals surface area (Å²) in [5.74, 6) is 0.521. The minimum atomic E-state index is -0.580. The molecule has 0 aromatic carbocycles. The Bertz CT molecular complexity index is 407. The van der Waals surface area contributed by atoms with Gasteiger partial charge in [-0.1, -0.05) is 5.21 Å². The van der Waals surface area contributed by atoms with Gasteiger partial charge < -0.3 is 10.0 Å². The standard InChI is InChI=1S/C11H16N4O2/c16-10(3-5-15-6-4-12-13-15)14-7-11(17,8-14)9-1-2-9/h4,6,9,17H,1-3,5,7-8H2. The number of carbonyl (C=O) groups excluding carboxylic acids is 1.